The van der Waals surface area contributed by atoms with Crippen molar-refractivity contribution in [1.29, 1.82) is 0 Å². The summed E-state index contributed by atoms with van der Waals surface area (Å²) in [5.41, 5.74) is 1.02. The van der Waals surface area contributed by atoms with Gasteiger partial charge in [-0.25, -0.2) is 9.29 Å². The van der Waals surface area contributed by atoms with E-state index in [9.17, 15) is 14.0 Å². The van der Waals surface area contributed by atoms with Gasteiger partial charge >= 0.3 is 0 Å². The Labute approximate surface area is 139 Å². The smallest absolute Gasteiger partial charge is 0.261 e. The van der Waals surface area contributed by atoms with E-state index in [4.69, 9.17) is 16.3 Å². The molecule has 0 N–H and O–H groups in total. The fourth-order valence-electron chi connectivity index (χ4n) is 2.27. The highest BCUT2D eigenvalue weighted by atomic mass is 35.5. The zero-order valence-electron chi connectivity index (χ0n) is 13.6. The second-order valence-electron chi connectivity index (χ2n) is 5.76. The van der Waals surface area contributed by atoms with Crippen LogP contribution in [0.15, 0.2) is 23.3 Å². The van der Waals surface area contributed by atoms with E-state index < -0.39 is 17.6 Å². The van der Waals surface area contributed by atoms with Gasteiger partial charge in [0, 0.05) is 11.6 Å². The molecule has 1 heterocycles. The van der Waals surface area contributed by atoms with Gasteiger partial charge in [-0.2, -0.15) is 0 Å². The molecule has 0 aliphatic carbocycles. The van der Waals surface area contributed by atoms with Crippen molar-refractivity contribution >= 4 is 29.1 Å². The average molecular weight is 340 g/mol. The molecule has 4 nitrogen and oxygen atoms in total. The highest BCUT2D eigenvalue weighted by molar-refractivity contribution is 6.32. The lowest BCUT2D eigenvalue weighted by Gasteiger charge is -2.19. The molecule has 1 aliphatic heterocycles. The number of amides is 2. The Morgan fingerprint density at radius 1 is 1.39 bits per heavy atom. The Morgan fingerprint density at radius 2 is 2.04 bits per heavy atom. The first-order valence-corrected chi connectivity index (χ1v) is 7.83. The summed E-state index contributed by atoms with van der Waals surface area (Å²) in [5.74, 6) is -1.43. The Morgan fingerprint density at radius 3 is 2.57 bits per heavy atom. The standard InChI is InChI=1S/C17H19ClFNO3/c1-5-10(4)23-15-8-14(13(19)7-12(15)18)20-16(21)6-11(9(2)3)17(20)22/h7-8,10H,5-6H2,1-4H3. The number of nitrogens with zero attached hydrogens (tertiary/aromatic N) is 1. The zero-order valence-corrected chi connectivity index (χ0v) is 14.3. The molecule has 1 atom stereocenters. The molecule has 0 aromatic heterocycles. The summed E-state index contributed by atoms with van der Waals surface area (Å²) in [7, 11) is 0. The minimum atomic E-state index is -0.733. The second-order valence-corrected chi connectivity index (χ2v) is 6.17. The van der Waals surface area contributed by atoms with Crippen LogP contribution in [0, 0.1) is 5.82 Å². The van der Waals surface area contributed by atoms with Crippen LogP contribution in [0.1, 0.15) is 40.5 Å². The van der Waals surface area contributed by atoms with Crippen LogP contribution in [0.3, 0.4) is 0 Å². The van der Waals surface area contributed by atoms with Crippen LogP contribution in [0.2, 0.25) is 5.02 Å². The number of halogens is 2. The maximum atomic E-state index is 14.3. The molecule has 0 bridgehead atoms. The molecule has 124 valence electrons. The number of ether oxygens (including phenoxy) is 1. The molecule has 0 radical (unpaired) electrons. The first-order chi connectivity index (χ1) is 10.8. The number of anilines is 1. The Hall–Kier alpha value is -1.88. The number of carbonyl (C=O) groups is 2. The minimum Gasteiger partial charge on any atom is -0.489 e. The van der Waals surface area contributed by atoms with Crippen molar-refractivity contribution in [1.82, 2.24) is 0 Å². The van der Waals surface area contributed by atoms with Crippen molar-refractivity contribution in [3.8, 4) is 5.75 Å². The summed E-state index contributed by atoms with van der Waals surface area (Å²) in [6.45, 7) is 7.30. The summed E-state index contributed by atoms with van der Waals surface area (Å²) < 4.78 is 19.9. The fourth-order valence-corrected chi connectivity index (χ4v) is 2.46. The second kappa shape index (κ2) is 6.71. The summed E-state index contributed by atoms with van der Waals surface area (Å²) >= 11 is 6.00. The SMILES string of the molecule is CCC(C)Oc1cc(N2C(=O)CC(=C(C)C)C2=O)c(F)cc1Cl. The first kappa shape index (κ1) is 17.5. The lowest BCUT2D eigenvalue weighted by atomic mass is 10.1. The van der Waals surface area contributed by atoms with Gasteiger partial charge in [-0.05, 0) is 33.3 Å². The van der Waals surface area contributed by atoms with Crippen molar-refractivity contribution in [2.24, 2.45) is 0 Å². The van der Waals surface area contributed by atoms with Gasteiger partial charge in [0.15, 0.2) is 0 Å². The van der Waals surface area contributed by atoms with Crippen LogP contribution in [0.5, 0.6) is 5.75 Å². The van der Waals surface area contributed by atoms with E-state index in [1.807, 2.05) is 13.8 Å². The summed E-state index contributed by atoms with van der Waals surface area (Å²) in [4.78, 5) is 25.4. The molecule has 1 fully saturated rings. The minimum absolute atomic E-state index is 0.0230. The number of rotatable bonds is 4. The Bertz CT molecular complexity index is 695. The Kier molecular flexibility index (Phi) is 5.09. The van der Waals surface area contributed by atoms with Crippen LogP contribution in [-0.4, -0.2) is 17.9 Å². The van der Waals surface area contributed by atoms with Crippen molar-refractivity contribution in [3.63, 3.8) is 0 Å². The fraction of sp³-hybridized carbons (Fsp3) is 0.412. The van der Waals surface area contributed by atoms with Crippen molar-refractivity contribution in [3.05, 3.63) is 34.1 Å². The zero-order chi connectivity index (χ0) is 17.3. The van der Waals surface area contributed by atoms with Crippen LogP contribution in [-0.2, 0) is 9.59 Å². The van der Waals surface area contributed by atoms with Crippen molar-refractivity contribution < 1.29 is 18.7 Å². The van der Waals surface area contributed by atoms with Gasteiger partial charge in [-0.1, -0.05) is 24.1 Å². The van der Waals surface area contributed by atoms with Crippen LogP contribution in [0.4, 0.5) is 10.1 Å². The van der Waals surface area contributed by atoms with Gasteiger partial charge in [-0.3, -0.25) is 9.59 Å². The molecule has 1 saturated heterocycles. The third kappa shape index (κ3) is 3.39. The predicted octanol–water partition coefficient (Wildman–Crippen LogP) is 4.26. The molecule has 1 aromatic carbocycles. The van der Waals surface area contributed by atoms with Gasteiger partial charge in [0.2, 0.25) is 5.91 Å². The van der Waals surface area contributed by atoms with Crippen LogP contribution < -0.4 is 9.64 Å². The molecule has 1 aromatic rings. The molecule has 2 amide bonds. The normalized spacial score (nSPS) is 16.1. The first-order valence-electron chi connectivity index (χ1n) is 7.45. The maximum absolute atomic E-state index is 14.3. The molecule has 0 spiro atoms. The van der Waals surface area contributed by atoms with Crippen molar-refractivity contribution in [2.75, 3.05) is 4.90 Å². The molecule has 6 heteroatoms. The molecule has 1 aliphatic rings. The Balaban J connectivity index is 2.47. The van der Waals surface area contributed by atoms with Gasteiger partial charge < -0.3 is 4.74 Å². The molecule has 2 rings (SSSR count). The van der Waals surface area contributed by atoms with Gasteiger partial charge in [0.1, 0.15) is 11.6 Å². The number of hydrogen-bond donors (Lipinski definition) is 0. The van der Waals surface area contributed by atoms with E-state index in [1.54, 1.807) is 13.8 Å². The van der Waals surface area contributed by atoms with E-state index in [1.165, 1.54) is 6.07 Å². The quantitative estimate of drug-likeness (QED) is 0.608. The van der Waals surface area contributed by atoms with E-state index in [-0.39, 0.29) is 29.0 Å². The number of allylic oxidation sites excluding steroid dienone is 1. The van der Waals surface area contributed by atoms with Gasteiger partial charge in [-0.15, -0.1) is 0 Å². The third-order valence-corrected chi connectivity index (χ3v) is 4.08. The summed E-state index contributed by atoms with van der Waals surface area (Å²) in [6.07, 6.45) is 0.598. The average Bonchev–Trinajstić information content (AvgIpc) is 2.77. The number of imide groups is 1. The highest BCUT2D eigenvalue weighted by Crippen LogP contribution is 2.36. The lowest BCUT2D eigenvalue weighted by Crippen LogP contribution is -2.30. The summed E-state index contributed by atoms with van der Waals surface area (Å²) in [5, 5.41) is 0.105. The number of benzene rings is 1. The topological polar surface area (TPSA) is 46.6 Å². The van der Waals surface area contributed by atoms with Gasteiger partial charge in [0.25, 0.3) is 5.91 Å². The van der Waals surface area contributed by atoms with Crippen LogP contribution in [0.25, 0.3) is 0 Å². The van der Waals surface area contributed by atoms with E-state index in [0.29, 0.717) is 5.57 Å². The number of carbonyl (C=O) groups excluding carboxylic acids is 2. The van der Waals surface area contributed by atoms with E-state index >= 15 is 0 Å². The molecule has 1 unspecified atom stereocenters. The molecule has 0 saturated carbocycles. The van der Waals surface area contributed by atoms with Crippen LogP contribution >= 0.6 is 11.6 Å². The monoisotopic (exact) mass is 339 g/mol. The van der Waals surface area contributed by atoms with E-state index in [0.717, 1.165) is 23.0 Å². The molecular weight excluding hydrogens is 321 g/mol. The lowest BCUT2D eigenvalue weighted by molar-refractivity contribution is -0.120. The van der Waals surface area contributed by atoms with Crippen molar-refractivity contribution in [2.45, 2.75) is 46.6 Å². The highest BCUT2D eigenvalue weighted by Gasteiger charge is 2.37. The van der Waals surface area contributed by atoms with Gasteiger partial charge in [0.05, 0.1) is 23.2 Å². The maximum Gasteiger partial charge on any atom is 0.261 e. The predicted molar refractivity (Wildman–Crippen MR) is 87.3 cm³/mol. The third-order valence-electron chi connectivity index (χ3n) is 3.79. The van der Waals surface area contributed by atoms with E-state index in [2.05, 4.69) is 0 Å². The summed E-state index contributed by atoms with van der Waals surface area (Å²) in [6, 6.07) is 2.38. The number of hydrogen-bond acceptors (Lipinski definition) is 3. The largest absolute Gasteiger partial charge is 0.489 e. The molecular formula is C17H19ClFNO3. The molecule has 23 heavy (non-hydrogen) atoms.